The minimum atomic E-state index is -2.67. The number of aliphatic hydroxyl groups is 1. The highest BCUT2D eigenvalue weighted by molar-refractivity contribution is 5.38. The smallest absolute Gasteiger partial charge is 0.280 e. The van der Waals surface area contributed by atoms with Gasteiger partial charge < -0.3 is 5.11 Å². The van der Waals surface area contributed by atoms with Crippen molar-refractivity contribution >= 4 is 0 Å². The lowest BCUT2D eigenvalue weighted by Gasteiger charge is -2.08. The number of aryl methyl sites for hydroxylation is 1. The van der Waals surface area contributed by atoms with E-state index in [0.29, 0.717) is 5.69 Å². The summed E-state index contributed by atoms with van der Waals surface area (Å²) < 4.78 is 27.0. The van der Waals surface area contributed by atoms with E-state index in [4.69, 9.17) is 5.11 Å². The summed E-state index contributed by atoms with van der Waals surface area (Å²) in [5.74, 6) is 0. The summed E-state index contributed by atoms with van der Waals surface area (Å²) in [5.41, 5.74) is 1.43. The van der Waals surface area contributed by atoms with E-state index >= 15 is 0 Å². The Kier molecular flexibility index (Phi) is 3.19. The van der Waals surface area contributed by atoms with E-state index in [1.54, 1.807) is 18.2 Å². The number of hydrogen-bond acceptors (Lipinski definition) is 2. The predicted octanol–water partition coefficient (Wildman–Crippen LogP) is 2.61. The quantitative estimate of drug-likeness (QED) is 0.892. The van der Waals surface area contributed by atoms with Crippen LogP contribution in [0.25, 0.3) is 5.69 Å². The van der Waals surface area contributed by atoms with Crippen LogP contribution < -0.4 is 0 Å². The van der Waals surface area contributed by atoms with Crippen LogP contribution in [0.4, 0.5) is 8.78 Å². The third kappa shape index (κ3) is 2.19. The lowest BCUT2D eigenvalue weighted by atomic mass is 10.2. The van der Waals surface area contributed by atoms with Crippen molar-refractivity contribution in [2.75, 3.05) is 0 Å². The molecule has 0 bridgehead atoms. The van der Waals surface area contributed by atoms with Crippen LogP contribution in [0, 0.1) is 6.92 Å². The first-order valence-corrected chi connectivity index (χ1v) is 5.16. The Hall–Kier alpha value is -1.75. The van der Waals surface area contributed by atoms with Gasteiger partial charge in [0.05, 0.1) is 18.5 Å². The highest BCUT2D eigenvalue weighted by Crippen LogP contribution is 2.25. The Morgan fingerprint density at radius 2 is 2.18 bits per heavy atom. The van der Waals surface area contributed by atoms with Crippen molar-refractivity contribution in [2.45, 2.75) is 20.0 Å². The molecule has 1 heterocycles. The van der Waals surface area contributed by atoms with E-state index in [2.05, 4.69) is 5.10 Å². The second-order valence-electron chi connectivity index (χ2n) is 3.76. The van der Waals surface area contributed by atoms with Crippen LogP contribution in [0.2, 0.25) is 0 Å². The summed E-state index contributed by atoms with van der Waals surface area (Å²) in [7, 11) is 0. The maximum absolute atomic E-state index is 12.9. The summed E-state index contributed by atoms with van der Waals surface area (Å²) in [6.07, 6.45) is -1.40. The zero-order valence-corrected chi connectivity index (χ0v) is 9.27. The summed E-state index contributed by atoms with van der Waals surface area (Å²) in [6, 6.07) is 7.12. The second-order valence-corrected chi connectivity index (χ2v) is 3.76. The van der Waals surface area contributed by atoms with Crippen LogP contribution in [0.5, 0.6) is 0 Å². The fourth-order valence-corrected chi connectivity index (χ4v) is 1.71. The number of rotatable bonds is 3. The van der Waals surface area contributed by atoms with Gasteiger partial charge in [-0.05, 0) is 24.6 Å². The Morgan fingerprint density at radius 1 is 1.41 bits per heavy atom. The number of halogens is 2. The minimum absolute atomic E-state index is 0.154. The van der Waals surface area contributed by atoms with Gasteiger partial charge >= 0.3 is 0 Å². The SMILES string of the molecule is Cc1cccc(-n2ncc(CO)c2C(F)F)c1. The molecule has 0 aliphatic rings. The number of benzene rings is 1. The molecule has 1 aromatic heterocycles. The largest absolute Gasteiger partial charge is 0.392 e. The molecule has 3 nitrogen and oxygen atoms in total. The van der Waals surface area contributed by atoms with Crippen molar-refractivity contribution in [3.05, 3.63) is 47.3 Å². The molecule has 0 spiro atoms. The molecule has 0 aliphatic carbocycles. The second kappa shape index (κ2) is 4.63. The van der Waals surface area contributed by atoms with Crippen LogP contribution in [0.3, 0.4) is 0 Å². The fraction of sp³-hybridized carbons (Fsp3) is 0.250. The van der Waals surface area contributed by atoms with Crippen LogP contribution in [0.15, 0.2) is 30.5 Å². The van der Waals surface area contributed by atoms with Gasteiger partial charge in [0.2, 0.25) is 0 Å². The van der Waals surface area contributed by atoms with Crippen molar-refractivity contribution in [3.8, 4) is 5.69 Å². The molecule has 5 heteroatoms. The first-order chi connectivity index (χ1) is 8.13. The summed E-state index contributed by atoms with van der Waals surface area (Å²) in [6.45, 7) is 1.44. The van der Waals surface area contributed by atoms with Crippen LogP contribution >= 0.6 is 0 Å². The molecular weight excluding hydrogens is 226 g/mol. The molecule has 90 valence electrons. The Morgan fingerprint density at radius 3 is 2.76 bits per heavy atom. The minimum Gasteiger partial charge on any atom is -0.392 e. The lowest BCUT2D eigenvalue weighted by molar-refractivity contribution is 0.138. The van der Waals surface area contributed by atoms with Crippen LogP contribution in [0.1, 0.15) is 23.2 Å². The number of alkyl halides is 2. The van der Waals surface area contributed by atoms with Crippen molar-refractivity contribution in [3.63, 3.8) is 0 Å². The van der Waals surface area contributed by atoms with Gasteiger partial charge in [-0.25, -0.2) is 13.5 Å². The summed E-state index contributed by atoms with van der Waals surface area (Å²) in [4.78, 5) is 0. The van der Waals surface area contributed by atoms with Gasteiger partial charge in [-0.3, -0.25) is 0 Å². The molecule has 0 unspecified atom stereocenters. The molecule has 0 radical (unpaired) electrons. The molecule has 2 rings (SSSR count). The summed E-state index contributed by atoms with van der Waals surface area (Å²) in [5, 5.41) is 12.9. The van der Waals surface area contributed by atoms with Gasteiger partial charge in [0.25, 0.3) is 6.43 Å². The molecule has 0 atom stereocenters. The Labute approximate surface area is 97.3 Å². The zero-order valence-electron chi connectivity index (χ0n) is 9.27. The molecule has 0 amide bonds. The molecule has 1 N–H and O–H groups in total. The van der Waals surface area contributed by atoms with Crippen molar-refractivity contribution in [2.24, 2.45) is 0 Å². The number of aliphatic hydroxyl groups excluding tert-OH is 1. The molecular formula is C12H12F2N2O. The average molecular weight is 238 g/mol. The average Bonchev–Trinajstić information content (AvgIpc) is 2.72. The first-order valence-electron chi connectivity index (χ1n) is 5.16. The lowest BCUT2D eigenvalue weighted by Crippen LogP contribution is -2.04. The number of nitrogens with zero attached hydrogens (tertiary/aromatic N) is 2. The van der Waals surface area contributed by atoms with Gasteiger partial charge in [0, 0.05) is 5.56 Å². The molecule has 0 fully saturated rings. The molecule has 0 saturated carbocycles. The fourth-order valence-electron chi connectivity index (χ4n) is 1.71. The predicted molar refractivity (Wildman–Crippen MR) is 59.2 cm³/mol. The van der Waals surface area contributed by atoms with Gasteiger partial charge in [-0.2, -0.15) is 5.10 Å². The third-order valence-corrected chi connectivity index (χ3v) is 2.51. The number of aromatic nitrogens is 2. The standard InChI is InChI=1S/C12H12F2N2O/c1-8-3-2-4-10(5-8)16-11(12(13)14)9(7-17)6-15-16/h2-6,12,17H,7H2,1H3. The van der Waals surface area contributed by atoms with E-state index < -0.39 is 13.0 Å². The van der Waals surface area contributed by atoms with E-state index in [-0.39, 0.29) is 11.3 Å². The van der Waals surface area contributed by atoms with E-state index in [1.807, 2.05) is 13.0 Å². The molecule has 1 aromatic carbocycles. The molecule has 0 saturated heterocycles. The molecule has 17 heavy (non-hydrogen) atoms. The van der Waals surface area contributed by atoms with Crippen molar-refractivity contribution < 1.29 is 13.9 Å². The normalized spacial score (nSPS) is 11.1. The number of hydrogen-bond donors (Lipinski definition) is 1. The molecule has 0 aliphatic heterocycles. The molecule has 2 aromatic rings. The van der Waals surface area contributed by atoms with E-state index in [9.17, 15) is 8.78 Å². The topological polar surface area (TPSA) is 38.0 Å². The first kappa shape index (κ1) is 11.7. The third-order valence-electron chi connectivity index (χ3n) is 2.51. The monoisotopic (exact) mass is 238 g/mol. The van der Waals surface area contributed by atoms with Crippen molar-refractivity contribution in [1.82, 2.24) is 9.78 Å². The van der Waals surface area contributed by atoms with Gasteiger partial charge in [0.1, 0.15) is 5.69 Å². The van der Waals surface area contributed by atoms with E-state index in [1.165, 1.54) is 10.9 Å². The van der Waals surface area contributed by atoms with E-state index in [0.717, 1.165) is 5.56 Å². The van der Waals surface area contributed by atoms with Crippen LogP contribution in [-0.2, 0) is 6.61 Å². The highest BCUT2D eigenvalue weighted by Gasteiger charge is 2.20. The van der Waals surface area contributed by atoms with Gasteiger partial charge in [-0.1, -0.05) is 12.1 Å². The summed E-state index contributed by atoms with van der Waals surface area (Å²) >= 11 is 0. The highest BCUT2D eigenvalue weighted by atomic mass is 19.3. The van der Waals surface area contributed by atoms with Crippen molar-refractivity contribution in [1.29, 1.82) is 0 Å². The Balaban J connectivity index is 2.56. The zero-order chi connectivity index (χ0) is 12.4. The maximum atomic E-state index is 12.9. The van der Waals surface area contributed by atoms with Gasteiger partial charge in [0.15, 0.2) is 0 Å². The Bertz CT molecular complexity index is 523. The maximum Gasteiger partial charge on any atom is 0.280 e. The van der Waals surface area contributed by atoms with Crippen LogP contribution in [-0.4, -0.2) is 14.9 Å². The van der Waals surface area contributed by atoms with Gasteiger partial charge in [-0.15, -0.1) is 0 Å².